The van der Waals surface area contributed by atoms with Crippen LogP contribution in [0.25, 0.3) is 0 Å². The Morgan fingerprint density at radius 3 is 2.29 bits per heavy atom. The second-order valence-corrected chi connectivity index (χ2v) is 2.86. The Morgan fingerprint density at radius 1 is 1.12 bits per heavy atom. The van der Waals surface area contributed by atoms with Crippen molar-refractivity contribution in [1.29, 1.82) is 0 Å². The number of alkyl halides is 4. The highest BCUT2D eigenvalue weighted by atomic mass is 19.3. The van der Waals surface area contributed by atoms with E-state index in [2.05, 4.69) is 9.47 Å². The van der Waals surface area contributed by atoms with E-state index < -0.39 is 13.2 Å². The van der Waals surface area contributed by atoms with Gasteiger partial charge in [-0.15, -0.1) is 0 Å². The Hall–Kier alpha value is -1.54. The molecule has 17 heavy (non-hydrogen) atoms. The maximum Gasteiger partial charge on any atom is 0.387 e. The number of rotatable bonds is 6. The second kappa shape index (κ2) is 6.26. The fraction of sp³-hybridized carbons (Fsp3) is 0.333. The third-order valence-electron chi connectivity index (χ3n) is 1.75. The van der Waals surface area contributed by atoms with Gasteiger partial charge in [-0.1, -0.05) is 6.07 Å². The van der Waals surface area contributed by atoms with E-state index >= 15 is 0 Å². The maximum absolute atomic E-state index is 12.0. The highest BCUT2D eigenvalue weighted by Crippen LogP contribution is 2.27. The molecule has 0 heterocycles. The summed E-state index contributed by atoms with van der Waals surface area (Å²) in [5.41, 5.74) is 1.92. The van der Waals surface area contributed by atoms with Crippen LogP contribution in [0.2, 0.25) is 0 Å². The van der Waals surface area contributed by atoms with Crippen molar-refractivity contribution in [2.24, 2.45) is 0 Å². The lowest BCUT2D eigenvalue weighted by atomic mass is 10.2. The fourth-order valence-corrected chi connectivity index (χ4v) is 1.15. The van der Waals surface area contributed by atoms with Crippen molar-refractivity contribution in [2.75, 3.05) is 0 Å². The molecule has 0 saturated heterocycles. The van der Waals surface area contributed by atoms with Crippen molar-refractivity contribution in [3.8, 4) is 11.5 Å². The lowest BCUT2D eigenvalue weighted by Crippen LogP contribution is -2.11. The normalized spacial score (nSPS) is 11.0. The average molecular weight is 255 g/mol. The van der Waals surface area contributed by atoms with Crippen LogP contribution in [0.5, 0.6) is 11.5 Å². The van der Waals surface area contributed by atoms with Crippen LogP contribution in [-0.4, -0.2) is 18.4 Å². The van der Waals surface area contributed by atoms with Gasteiger partial charge in [0.15, 0.2) is 0 Å². The molecule has 0 atom stereocenters. The van der Waals surface area contributed by atoms with E-state index in [1.165, 1.54) is 6.07 Å². The predicted octanol–water partition coefficient (Wildman–Crippen LogP) is 2.37. The molecule has 0 aliphatic carbocycles. The average Bonchev–Trinajstić information content (AvgIpc) is 2.20. The Balaban J connectivity index is 2.92. The van der Waals surface area contributed by atoms with Gasteiger partial charge < -0.3 is 14.7 Å². The molecular weight excluding hydrogens is 246 g/mol. The number of halogens is 4. The number of ether oxygens (including phenoxy) is 2. The van der Waals surface area contributed by atoms with Crippen LogP contribution in [0.1, 0.15) is 5.56 Å². The van der Waals surface area contributed by atoms with Crippen molar-refractivity contribution in [2.45, 2.75) is 19.8 Å². The van der Waals surface area contributed by atoms with Crippen molar-refractivity contribution >= 4 is 0 Å². The van der Waals surface area contributed by atoms with E-state index in [-0.39, 0.29) is 23.6 Å². The smallest absolute Gasteiger partial charge is 0.387 e. The summed E-state index contributed by atoms with van der Waals surface area (Å²) in [5.74, 6) is -0.656. The standard InChI is InChI=1S/C9H9F4NO3/c10-8(11)16-6-2-1-5(4-14-15)7(3-6)17-9(12)13/h1-3,8-9,14-15H,4H2. The highest BCUT2D eigenvalue weighted by Gasteiger charge is 2.12. The molecule has 0 radical (unpaired) electrons. The van der Waals surface area contributed by atoms with Gasteiger partial charge >= 0.3 is 13.2 Å². The van der Waals surface area contributed by atoms with Crippen LogP contribution < -0.4 is 15.0 Å². The molecule has 2 N–H and O–H groups in total. The van der Waals surface area contributed by atoms with E-state index in [0.717, 1.165) is 12.1 Å². The van der Waals surface area contributed by atoms with Gasteiger partial charge in [0.05, 0.1) is 0 Å². The molecule has 0 aliphatic rings. The largest absolute Gasteiger partial charge is 0.435 e. The Labute approximate surface area is 93.7 Å². The van der Waals surface area contributed by atoms with Crippen LogP contribution in [0, 0.1) is 0 Å². The molecule has 4 nitrogen and oxygen atoms in total. The van der Waals surface area contributed by atoms with Gasteiger partial charge in [-0.2, -0.15) is 17.6 Å². The first-order chi connectivity index (χ1) is 8.02. The van der Waals surface area contributed by atoms with Crippen molar-refractivity contribution in [1.82, 2.24) is 5.48 Å². The summed E-state index contributed by atoms with van der Waals surface area (Å²) >= 11 is 0. The molecule has 0 aromatic heterocycles. The molecule has 1 aromatic carbocycles. The van der Waals surface area contributed by atoms with Gasteiger partial charge in [0, 0.05) is 18.2 Å². The molecule has 0 bridgehead atoms. The summed E-state index contributed by atoms with van der Waals surface area (Å²) in [5, 5.41) is 8.45. The van der Waals surface area contributed by atoms with Gasteiger partial charge in [-0.25, -0.2) is 5.48 Å². The molecule has 1 aromatic rings. The van der Waals surface area contributed by atoms with Gasteiger partial charge in [-0.3, -0.25) is 0 Å². The monoisotopic (exact) mass is 255 g/mol. The first-order valence-electron chi connectivity index (χ1n) is 4.42. The molecular formula is C9H9F4NO3. The summed E-state index contributed by atoms with van der Waals surface area (Å²) in [6.07, 6.45) is 0. The zero-order chi connectivity index (χ0) is 12.8. The van der Waals surface area contributed by atoms with Crippen LogP contribution in [-0.2, 0) is 6.54 Å². The number of hydroxylamine groups is 1. The molecule has 0 fully saturated rings. The SMILES string of the molecule is ONCc1ccc(OC(F)F)cc1OC(F)F. The molecule has 0 unspecified atom stereocenters. The quantitative estimate of drug-likeness (QED) is 0.605. The van der Waals surface area contributed by atoms with Crippen LogP contribution >= 0.6 is 0 Å². The molecule has 0 amide bonds. The Kier molecular flexibility index (Phi) is 4.98. The lowest BCUT2D eigenvalue weighted by molar-refractivity contribution is -0.0548. The first kappa shape index (κ1) is 13.5. The van der Waals surface area contributed by atoms with Gasteiger partial charge in [0.25, 0.3) is 0 Å². The Morgan fingerprint density at radius 2 is 1.76 bits per heavy atom. The molecule has 0 spiro atoms. The summed E-state index contributed by atoms with van der Waals surface area (Å²) in [7, 11) is 0. The molecule has 0 saturated carbocycles. The topological polar surface area (TPSA) is 50.7 Å². The van der Waals surface area contributed by atoms with E-state index in [4.69, 9.17) is 5.21 Å². The molecule has 8 heteroatoms. The minimum absolute atomic E-state index is 0.170. The van der Waals surface area contributed by atoms with Crippen LogP contribution in [0.15, 0.2) is 18.2 Å². The molecule has 1 rings (SSSR count). The summed E-state index contributed by atoms with van der Waals surface area (Å²) in [6, 6.07) is 3.26. The molecule has 0 aliphatic heterocycles. The van der Waals surface area contributed by atoms with Gasteiger partial charge in [0.1, 0.15) is 11.5 Å². The second-order valence-electron chi connectivity index (χ2n) is 2.86. The third-order valence-corrected chi connectivity index (χ3v) is 1.75. The van der Waals surface area contributed by atoms with E-state index in [9.17, 15) is 17.6 Å². The zero-order valence-corrected chi connectivity index (χ0v) is 8.37. The summed E-state index contributed by atoms with van der Waals surface area (Å²) in [4.78, 5) is 0. The summed E-state index contributed by atoms with van der Waals surface area (Å²) < 4.78 is 56.0. The lowest BCUT2D eigenvalue weighted by Gasteiger charge is -2.12. The first-order valence-corrected chi connectivity index (χ1v) is 4.42. The number of hydrogen-bond donors (Lipinski definition) is 2. The molecule has 96 valence electrons. The Bertz CT molecular complexity index is 362. The van der Waals surface area contributed by atoms with Crippen molar-refractivity contribution in [3.63, 3.8) is 0 Å². The van der Waals surface area contributed by atoms with Crippen molar-refractivity contribution in [3.05, 3.63) is 23.8 Å². The number of hydrogen-bond acceptors (Lipinski definition) is 4. The van der Waals surface area contributed by atoms with Crippen LogP contribution in [0.3, 0.4) is 0 Å². The van der Waals surface area contributed by atoms with Gasteiger partial charge in [0.2, 0.25) is 0 Å². The van der Waals surface area contributed by atoms with E-state index in [0.29, 0.717) is 0 Å². The highest BCUT2D eigenvalue weighted by molar-refractivity contribution is 5.40. The third kappa shape index (κ3) is 4.45. The zero-order valence-electron chi connectivity index (χ0n) is 8.37. The number of nitrogens with one attached hydrogen (secondary N) is 1. The number of benzene rings is 1. The minimum Gasteiger partial charge on any atom is -0.435 e. The minimum atomic E-state index is -3.10. The predicted molar refractivity (Wildman–Crippen MR) is 48.3 cm³/mol. The van der Waals surface area contributed by atoms with Crippen LogP contribution in [0.4, 0.5) is 17.6 Å². The fourth-order valence-electron chi connectivity index (χ4n) is 1.15. The van der Waals surface area contributed by atoms with E-state index in [1.54, 1.807) is 5.48 Å². The van der Waals surface area contributed by atoms with Crippen molar-refractivity contribution < 1.29 is 32.2 Å². The van der Waals surface area contributed by atoms with Gasteiger partial charge in [-0.05, 0) is 6.07 Å². The van der Waals surface area contributed by atoms with E-state index in [1.807, 2.05) is 0 Å². The summed E-state index contributed by atoms with van der Waals surface area (Å²) in [6.45, 7) is -6.33. The maximum atomic E-state index is 12.0.